The van der Waals surface area contributed by atoms with Crippen LogP contribution in [0, 0.1) is 5.92 Å². The molecule has 0 radical (unpaired) electrons. The number of carbonyl (C=O) groups is 3. The van der Waals surface area contributed by atoms with Crippen LogP contribution >= 0.6 is 0 Å². The van der Waals surface area contributed by atoms with Crippen LogP contribution in [-0.2, 0) is 30.3 Å². The number of benzene rings is 1. The van der Waals surface area contributed by atoms with Crippen molar-refractivity contribution in [2.45, 2.75) is 65.8 Å². The van der Waals surface area contributed by atoms with Gasteiger partial charge < -0.3 is 24.1 Å². The Labute approximate surface area is 166 Å². The Morgan fingerprint density at radius 2 is 1.79 bits per heavy atom. The van der Waals surface area contributed by atoms with E-state index in [2.05, 4.69) is 0 Å². The first-order valence-electron chi connectivity index (χ1n) is 9.38. The van der Waals surface area contributed by atoms with Crippen LogP contribution in [0.15, 0.2) is 24.3 Å². The molecule has 1 aromatic rings. The second kappa shape index (κ2) is 10.8. The molecule has 1 aliphatic heterocycles. The Morgan fingerprint density at radius 1 is 1.21 bits per heavy atom. The van der Waals surface area contributed by atoms with Crippen LogP contribution in [0.1, 0.15) is 53.0 Å². The minimum absolute atomic E-state index is 0.167. The SMILES string of the molecule is CC(C)=O.CCOc1ccc(CCC[C@@H](C(=O)O)[C@@H]2OC(C)(C)OC2=O)cc1. The number of esters is 1. The van der Waals surface area contributed by atoms with E-state index in [-0.39, 0.29) is 5.78 Å². The number of ether oxygens (including phenoxy) is 3. The van der Waals surface area contributed by atoms with Crippen LogP contribution < -0.4 is 4.74 Å². The summed E-state index contributed by atoms with van der Waals surface area (Å²) in [6.07, 6.45) is 0.663. The van der Waals surface area contributed by atoms with Gasteiger partial charge in [-0.15, -0.1) is 0 Å². The van der Waals surface area contributed by atoms with Gasteiger partial charge in [-0.1, -0.05) is 12.1 Å². The molecule has 1 aliphatic rings. The van der Waals surface area contributed by atoms with Gasteiger partial charge in [0.15, 0.2) is 6.10 Å². The van der Waals surface area contributed by atoms with Crippen LogP contribution in [0.25, 0.3) is 0 Å². The Bertz CT molecular complexity index is 660. The summed E-state index contributed by atoms with van der Waals surface area (Å²) in [5.41, 5.74) is 1.10. The first kappa shape index (κ1) is 23.6. The largest absolute Gasteiger partial charge is 0.494 e. The lowest BCUT2D eigenvalue weighted by molar-refractivity contribution is -0.163. The van der Waals surface area contributed by atoms with Gasteiger partial charge in [0.1, 0.15) is 11.5 Å². The second-order valence-electron chi connectivity index (χ2n) is 7.18. The molecule has 1 N–H and O–H groups in total. The predicted octanol–water partition coefficient (Wildman–Crippen LogP) is 3.38. The Morgan fingerprint density at radius 3 is 2.21 bits per heavy atom. The topological polar surface area (TPSA) is 99.1 Å². The number of Topliss-reactive ketones (excluding diaryl/α,β-unsaturated/α-hetero) is 1. The predicted molar refractivity (Wildman–Crippen MR) is 103 cm³/mol. The number of carbonyl (C=O) groups excluding carboxylic acids is 2. The Kier molecular flexibility index (Phi) is 9.12. The number of carboxylic acid groups (broad SMARTS) is 1. The maximum absolute atomic E-state index is 11.8. The Balaban J connectivity index is 0.000000892. The van der Waals surface area contributed by atoms with E-state index >= 15 is 0 Å². The third-order valence-electron chi connectivity index (χ3n) is 3.89. The van der Waals surface area contributed by atoms with Crippen LogP contribution in [0.5, 0.6) is 5.75 Å². The van der Waals surface area contributed by atoms with Gasteiger partial charge in [-0.25, -0.2) is 4.79 Å². The van der Waals surface area contributed by atoms with Crippen molar-refractivity contribution < 1.29 is 33.7 Å². The summed E-state index contributed by atoms with van der Waals surface area (Å²) >= 11 is 0. The standard InChI is InChI=1S/C18H24O6.C3H6O/c1-4-22-13-10-8-12(9-11-13)6-5-7-14(16(19)20)15-17(21)24-18(2,3)23-15;1-3(2)4/h8-11,14-15H,4-7H2,1-3H3,(H,19,20);1-2H3/t14-,15+;/m1./s1. The number of ketones is 1. The zero-order valence-corrected chi connectivity index (χ0v) is 17.2. The fourth-order valence-electron chi connectivity index (χ4n) is 2.77. The van der Waals surface area contributed by atoms with Gasteiger partial charge >= 0.3 is 11.9 Å². The van der Waals surface area contributed by atoms with Crippen molar-refractivity contribution >= 4 is 17.7 Å². The molecule has 0 bridgehead atoms. The smallest absolute Gasteiger partial charge is 0.338 e. The minimum atomic E-state index is -1.06. The van der Waals surface area contributed by atoms with Crippen LogP contribution in [0.2, 0.25) is 0 Å². The second-order valence-corrected chi connectivity index (χ2v) is 7.18. The molecule has 1 heterocycles. The quantitative estimate of drug-likeness (QED) is 0.675. The third kappa shape index (κ3) is 8.08. The minimum Gasteiger partial charge on any atom is -0.494 e. The van der Waals surface area contributed by atoms with Crippen molar-refractivity contribution in [2.24, 2.45) is 5.92 Å². The number of aliphatic carboxylic acids is 1. The third-order valence-corrected chi connectivity index (χ3v) is 3.89. The molecule has 2 atom stereocenters. The number of hydrogen-bond donors (Lipinski definition) is 1. The van der Waals surface area contributed by atoms with E-state index < -0.39 is 29.7 Å². The molecular weight excluding hydrogens is 364 g/mol. The van der Waals surface area contributed by atoms with E-state index in [1.807, 2.05) is 31.2 Å². The number of rotatable bonds is 8. The van der Waals surface area contributed by atoms with E-state index in [9.17, 15) is 19.5 Å². The van der Waals surface area contributed by atoms with Crippen molar-refractivity contribution in [1.82, 2.24) is 0 Å². The molecule has 1 saturated heterocycles. The molecule has 0 saturated carbocycles. The molecule has 28 heavy (non-hydrogen) atoms. The summed E-state index contributed by atoms with van der Waals surface area (Å²) in [6, 6.07) is 7.72. The summed E-state index contributed by atoms with van der Waals surface area (Å²) in [7, 11) is 0. The molecule has 1 aromatic carbocycles. The normalized spacial score (nSPS) is 18.5. The molecule has 0 unspecified atom stereocenters. The molecule has 2 rings (SSSR count). The highest BCUT2D eigenvalue weighted by atomic mass is 16.8. The fraction of sp³-hybridized carbons (Fsp3) is 0.571. The van der Waals surface area contributed by atoms with Gasteiger partial charge in [-0.3, -0.25) is 4.79 Å². The molecule has 7 nitrogen and oxygen atoms in total. The average molecular weight is 394 g/mol. The molecule has 0 aliphatic carbocycles. The van der Waals surface area contributed by atoms with E-state index in [4.69, 9.17) is 14.2 Å². The highest BCUT2D eigenvalue weighted by molar-refractivity contribution is 5.84. The molecule has 0 amide bonds. The molecule has 0 aromatic heterocycles. The number of cyclic esters (lactones) is 1. The van der Waals surface area contributed by atoms with Crippen LogP contribution in [-0.4, -0.2) is 41.3 Å². The first-order chi connectivity index (χ1) is 13.1. The lowest BCUT2D eigenvalue weighted by Crippen LogP contribution is -2.34. The molecule has 7 heteroatoms. The number of aryl methyl sites for hydroxylation is 1. The molecule has 1 fully saturated rings. The highest BCUT2D eigenvalue weighted by Gasteiger charge is 2.47. The van der Waals surface area contributed by atoms with Crippen LogP contribution in [0.4, 0.5) is 0 Å². The summed E-state index contributed by atoms with van der Waals surface area (Å²) in [5, 5.41) is 9.41. The van der Waals surface area contributed by atoms with Crippen molar-refractivity contribution in [3.8, 4) is 5.75 Å². The maximum atomic E-state index is 11.8. The summed E-state index contributed by atoms with van der Waals surface area (Å²) in [6.45, 7) is 8.80. The monoisotopic (exact) mass is 394 g/mol. The van der Waals surface area contributed by atoms with Gasteiger partial charge in [0.05, 0.1) is 12.5 Å². The molecule has 156 valence electrons. The lowest BCUT2D eigenvalue weighted by atomic mass is 9.94. The van der Waals surface area contributed by atoms with E-state index in [1.54, 1.807) is 13.8 Å². The van der Waals surface area contributed by atoms with Crippen LogP contribution in [0.3, 0.4) is 0 Å². The number of hydrogen-bond acceptors (Lipinski definition) is 6. The van der Waals surface area contributed by atoms with Gasteiger partial charge in [0.2, 0.25) is 5.79 Å². The van der Waals surface area contributed by atoms with Gasteiger partial charge in [-0.05, 0) is 57.7 Å². The van der Waals surface area contributed by atoms with E-state index in [0.717, 1.165) is 17.7 Å². The lowest BCUT2D eigenvalue weighted by Gasteiger charge is -2.19. The van der Waals surface area contributed by atoms with E-state index in [0.29, 0.717) is 19.4 Å². The maximum Gasteiger partial charge on any atom is 0.338 e. The molecule has 0 spiro atoms. The summed E-state index contributed by atoms with van der Waals surface area (Å²) < 4.78 is 15.9. The summed E-state index contributed by atoms with van der Waals surface area (Å²) in [5.74, 6) is -2.63. The van der Waals surface area contributed by atoms with Gasteiger partial charge in [0, 0.05) is 13.8 Å². The van der Waals surface area contributed by atoms with Gasteiger partial charge in [0.25, 0.3) is 0 Å². The highest BCUT2D eigenvalue weighted by Crippen LogP contribution is 2.30. The fourth-order valence-corrected chi connectivity index (χ4v) is 2.77. The zero-order valence-electron chi connectivity index (χ0n) is 17.2. The first-order valence-corrected chi connectivity index (χ1v) is 9.38. The van der Waals surface area contributed by atoms with Crippen molar-refractivity contribution in [2.75, 3.05) is 6.61 Å². The molecular formula is C21H30O7. The zero-order chi connectivity index (χ0) is 21.3. The van der Waals surface area contributed by atoms with Crippen molar-refractivity contribution in [3.63, 3.8) is 0 Å². The van der Waals surface area contributed by atoms with Crippen molar-refractivity contribution in [3.05, 3.63) is 29.8 Å². The number of carboxylic acids is 1. The van der Waals surface area contributed by atoms with E-state index in [1.165, 1.54) is 13.8 Å². The Hall–Kier alpha value is -2.41. The van der Waals surface area contributed by atoms with Crippen molar-refractivity contribution in [1.29, 1.82) is 0 Å². The average Bonchev–Trinajstić information content (AvgIpc) is 2.85. The van der Waals surface area contributed by atoms with Gasteiger partial charge in [-0.2, -0.15) is 0 Å². The summed E-state index contributed by atoms with van der Waals surface area (Å²) in [4.78, 5) is 32.8.